The molecule has 2 amide bonds. The first kappa shape index (κ1) is 24.9. The summed E-state index contributed by atoms with van der Waals surface area (Å²) in [5, 5.41) is 7.87. The van der Waals surface area contributed by atoms with Gasteiger partial charge in [0.2, 0.25) is 0 Å². The van der Waals surface area contributed by atoms with Gasteiger partial charge in [-0.1, -0.05) is 13.0 Å². The van der Waals surface area contributed by atoms with E-state index < -0.39 is 5.97 Å². The summed E-state index contributed by atoms with van der Waals surface area (Å²) in [6.07, 6.45) is 3.84. The molecule has 35 heavy (non-hydrogen) atoms. The van der Waals surface area contributed by atoms with E-state index in [1.165, 1.54) is 4.90 Å². The van der Waals surface area contributed by atoms with Crippen molar-refractivity contribution in [3.63, 3.8) is 0 Å². The molecule has 0 radical (unpaired) electrons. The Labute approximate surface area is 205 Å². The van der Waals surface area contributed by atoms with Gasteiger partial charge >= 0.3 is 5.97 Å². The molecule has 3 heterocycles. The quantitative estimate of drug-likeness (QED) is 0.481. The largest absolute Gasteiger partial charge is 0.462 e. The van der Waals surface area contributed by atoms with Crippen molar-refractivity contribution in [3.8, 4) is 0 Å². The number of ether oxygens (including phenoxy) is 2. The van der Waals surface area contributed by atoms with Gasteiger partial charge in [0.1, 0.15) is 0 Å². The average Bonchev–Trinajstić information content (AvgIpc) is 3.15. The third kappa shape index (κ3) is 5.40. The standard InChI is InChI=1S/C26H34N4O5/c1-4-20-22-21(16-26(17-27-23(22)31)9-13-34-14-10-26)30(28-20)11-6-12-35-25(33)19-8-5-7-18(15-19)24(32)29(2)3/h5,7-8,15H,4,6,9-14,16-17H2,1-3H3,(H,27,31). The SMILES string of the molecule is CCc1nn(CCCOC(=O)c2cccc(C(=O)N(C)C)c2)c2c1C(=O)NCC1(CCOCC1)C2. The Morgan fingerprint density at radius 1 is 1.23 bits per heavy atom. The van der Waals surface area contributed by atoms with E-state index in [1.54, 1.807) is 38.4 Å². The Hall–Kier alpha value is -3.20. The van der Waals surface area contributed by atoms with Crippen molar-refractivity contribution in [2.45, 2.75) is 45.6 Å². The molecule has 1 spiro atoms. The summed E-state index contributed by atoms with van der Waals surface area (Å²) in [6, 6.07) is 6.55. The second-order valence-corrected chi connectivity index (χ2v) is 9.59. The molecular weight excluding hydrogens is 448 g/mol. The van der Waals surface area contributed by atoms with Gasteiger partial charge in [-0.05, 0) is 49.3 Å². The molecule has 2 aliphatic heterocycles. The number of hydrogen-bond acceptors (Lipinski definition) is 6. The van der Waals surface area contributed by atoms with Gasteiger partial charge in [-0.3, -0.25) is 14.3 Å². The van der Waals surface area contributed by atoms with Gasteiger partial charge < -0.3 is 19.7 Å². The van der Waals surface area contributed by atoms with E-state index in [0.29, 0.717) is 55.8 Å². The molecule has 1 N–H and O–H groups in total. The topological polar surface area (TPSA) is 103 Å². The number of nitrogens with one attached hydrogen (secondary N) is 1. The first-order valence-electron chi connectivity index (χ1n) is 12.3. The number of esters is 1. The third-order valence-electron chi connectivity index (χ3n) is 6.91. The minimum Gasteiger partial charge on any atom is -0.462 e. The monoisotopic (exact) mass is 482 g/mol. The second-order valence-electron chi connectivity index (χ2n) is 9.59. The number of aryl methyl sites for hydroxylation is 2. The molecule has 1 fully saturated rings. The molecule has 0 aliphatic carbocycles. The van der Waals surface area contributed by atoms with Crippen molar-refractivity contribution >= 4 is 17.8 Å². The van der Waals surface area contributed by atoms with E-state index in [9.17, 15) is 14.4 Å². The molecule has 0 unspecified atom stereocenters. The molecule has 0 saturated carbocycles. The van der Waals surface area contributed by atoms with E-state index in [1.807, 2.05) is 11.6 Å². The number of hydrogen-bond donors (Lipinski definition) is 1. The number of rotatable bonds is 7. The van der Waals surface area contributed by atoms with Crippen molar-refractivity contribution in [3.05, 3.63) is 52.3 Å². The van der Waals surface area contributed by atoms with E-state index in [4.69, 9.17) is 14.6 Å². The van der Waals surface area contributed by atoms with E-state index in [0.717, 1.165) is 30.7 Å². The zero-order valence-corrected chi connectivity index (χ0v) is 20.8. The van der Waals surface area contributed by atoms with Crippen LogP contribution in [0, 0.1) is 5.41 Å². The van der Waals surface area contributed by atoms with Crippen molar-refractivity contribution in [2.75, 3.05) is 40.5 Å². The Morgan fingerprint density at radius 2 is 1.97 bits per heavy atom. The summed E-state index contributed by atoms with van der Waals surface area (Å²) in [5.74, 6) is -0.686. The molecule has 4 rings (SSSR count). The maximum atomic E-state index is 12.9. The van der Waals surface area contributed by atoms with Crippen molar-refractivity contribution in [2.24, 2.45) is 5.41 Å². The van der Waals surface area contributed by atoms with Crippen LogP contribution in [0.3, 0.4) is 0 Å². The van der Waals surface area contributed by atoms with E-state index in [-0.39, 0.29) is 23.8 Å². The van der Waals surface area contributed by atoms with Gasteiger partial charge in [0.15, 0.2) is 0 Å². The van der Waals surface area contributed by atoms with Crippen LogP contribution in [-0.2, 0) is 28.9 Å². The van der Waals surface area contributed by atoms with Gasteiger partial charge in [0, 0.05) is 52.4 Å². The average molecular weight is 483 g/mol. The lowest BCUT2D eigenvalue weighted by atomic mass is 9.76. The first-order chi connectivity index (χ1) is 16.8. The maximum Gasteiger partial charge on any atom is 0.338 e. The highest BCUT2D eigenvalue weighted by molar-refractivity contribution is 5.98. The van der Waals surface area contributed by atoms with E-state index in [2.05, 4.69) is 5.32 Å². The maximum absolute atomic E-state index is 12.9. The summed E-state index contributed by atoms with van der Waals surface area (Å²) >= 11 is 0. The van der Waals surface area contributed by atoms with Crippen LogP contribution in [0.25, 0.3) is 0 Å². The first-order valence-corrected chi connectivity index (χ1v) is 12.3. The zero-order chi connectivity index (χ0) is 25.0. The molecule has 0 atom stereocenters. The van der Waals surface area contributed by atoms with Crippen LogP contribution in [0.5, 0.6) is 0 Å². The highest BCUT2D eigenvalue weighted by Crippen LogP contribution is 2.37. The Balaban J connectivity index is 1.42. The molecule has 0 bridgehead atoms. The molecule has 1 saturated heterocycles. The fourth-order valence-corrected chi connectivity index (χ4v) is 4.86. The number of carbonyl (C=O) groups excluding carboxylic acids is 3. The number of benzene rings is 1. The lowest BCUT2D eigenvalue weighted by Gasteiger charge is -2.36. The van der Waals surface area contributed by atoms with Crippen molar-refractivity contribution in [1.82, 2.24) is 20.0 Å². The van der Waals surface area contributed by atoms with Gasteiger partial charge in [-0.15, -0.1) is 0 Å². The molecule has 9 heteroatoms. The third-order valence-corrected chi connectivity index (χ3v) is 6.91. The summed E-state index contributed by atoms with van der Waals surface area (Å²) in [4.78, 5) is 39.1. The van der Waals surface area contributed by atoms with Gasteiger partial charge in [0.05, 0.1) is 29.1 Å². The Bertz CT molecular complexity index is 1100. The van der Waals surface area contributed by atoms with Crippen molar-refractivity contribution < 1.29 is 23.9 Å². The predicted octanol–water partition coefficient (Wildman–Crippen LogP) is 2.48. The fraction of sp³-hybridized carbons (Fsp3) is 0.538. The smallest absolute Gasteiger partial charge is 0.338 e. The van der Waals surface area contributed by atoms with Crippen LogP contribution in [-0.4, -0.2) is 72.9 Å². The van der Waals surface area contributed by atoms with Crippen LogP contribution in [0.1, 0.15) is 68.6 Å². The van der Waals surface area contributed by atoms with Crippen LogP contribution in [0.4, 0.5) is 0 Å². The Morgan fingerprint density at radius 3 is 2.69 bits per heavy atom. The molecule has 1 aromatic carbocycles. The zero-order valence-electron chi connectivity index (χ0n) is 20.8. The molecular formula is C26H34N4O5. The minimum atomic E-state index is -0.465. The molecule has 9 nitrogen and oxygen atoms in total. The van der Waals surface area contributed by atoms with Crippen LogP contribution >= 0.6 is 0 Å². The Kier molecular flexibility index (Phi) is 7.54. The lowest BCUT2D eigenvalue weighted by molar-refractivity contribution is 0.0152. The summed E-state index contributed by atoms with van der Waals surface area (Å²) in [7, 11) is 3.33. The number of aromatic nitrogens is 2. The molecule has 1 aromatic heterocycles. The highest BCUT2D eigenvalue weighted by atomic mass is 16.5. The van der Waals surface area contributed by atoms with E-state index >= 15 is 0 Å². The number of nitrogens with zero attached hydrogens (tertiary/aromatic N) is 3. The van der Waals surface area contributed by atoms with Gasteiger partial charge in [0.25, 0.3) is 11.8 Å². The summed E-state index contributed by atoms with van der Waals surface area (Å²) in [6.45, 7) is 4.83. The molecule has 188 valence electrons. The fourth-order valence-electron chi connectivity index (χ4n) is 4.86. The summed E-state index contributed by atoms with van der Waals surface area (Å²) < 4.78 is 13.0. The number of carbonyl (C=O) groups is 3. The number of amides is 2. The summed E-state index contributed by atoms with van der Waals surface area (Å²) in [5.41, 5.74) is 3.26. The van der Waals surface area contributed by atoms with Crippen LogP contribution in [0.15, 0.2) is 24.3 Å². The van der Waals surface area contributed by atoms with Crippen molar-refractivity contribution in [1.29, 1.82) is 0 Å². The minimum absolute atomic E-state index is 0.0105. The molecule has 2 aliphatic rings. The lowest BCUT2D eigenvalue weighted by Crippen LogP contribution is -2.40. The van der Waals surface area contributed by atoms with Gasteiger partial charge in [-0.2, -0.15) is 5.10 Å². The highest BCUT2D eigenvalue weighted by Gasteiger charge is 2.39. The second kappa shape index (κ2) is 10.6. The predicted molar refractivity (Wildman–Crippen MR) is 129 cm³/mol. The number of fused-ring (bicyclic) bond motifs is 1. The normalized spacial score (nSPS) is 16.8. The molecule has 2 aromatic rings. The van der Waals surface area contributed by atoms with Crippen LogP contribution in [0.2, 0.25) is 0 Å². The van der Waals surface area contributed by atoms with Crippen LogP contribution < -0.4 is 5.32 Å². The van der Waals surface area contributed by atoms with Gasteiger partial charge in [-0.25, -0.2) is 4.79 Å².